The lowest BCUT2D eigenvalue weighted by molar-refractivity contribution is 0.236. The molecular weight excluding hydrogens is 416 g/mol. The summed E-state index contributed by atoms with van der Waals surface area (Å²) in [5.74, 6) is 1.49. The molecule has 0 aliphatic carbocycles. The van der Waals surface area contributed by atoms with Gasteiger partial charge in [-0.15, -0.1) is 0 Å². The Hall–Kier alpha value is -2.23. The van der Waals surface area contributed by atoms with Gasteiger partial charge in [-0.3, -0.25) is 9.69 Å². The highest BCUT2D eigenvalue weighted by Gasteiger charge is 2.31. The first-order chi connectivity index (χ1) is 14.7. The third kappa shape index (κ3) is 4.99. The summed E-state index contributed by atoms with van der Waals surface area (Å²) in [6, 6.07) is 8.12. The highest BCUT2D eigenvalue weighted by molar-refractivity contribution is 7.88. The molecule has 0 saturated carbocycles. The lowest BCUT2D eigenvalue weighted by Gasteiger charge is -2.28. The number of benzene rings is 1. The molecule has 168 valence electrons. The van der Waals surface area contributed by atoms with Crippen LogP contribution in [-0.4, -0.2) is 53.0 Å². The first-order valence-corrected chi connectivity index (χ1v) is 12.6. The molecule has 0 spiro atoms. The Morgan fingerprint density at radius 1 is 1.23 bits per heavy atom. The van der Waals surface area contributed by atoms with Crippen LogP contribution in [-0.2, 0) is 29.5 Å². The third-order valence-corrected chi connectivity index (χ3v) is 7.14. The van der Waals surface area contributed by atoms with Crippen LogP contribution in [0.25, 0.3) is 0 Å². The van der Waals surface area contributed by atoms with Gasteiger partial charge >= 0.3 is 0 Å². The van der Waals surface area contributed by atoms with Crippen molar-refractivity contribution in [2.75, 3.05) is 19.3 Å². The Morgan fingerprint density at radius 2 is 1.97 bits per heavy atom. The Bertz CT molecular complexity index is 1100. The largest absolute Gasteiger partial charge is 0.491 e. The Balaban J connectivity index is 1.54. The molecule has 0 radical (unpaired) electrons. The quantitative estimate of drug-likeness (QED) is 0.731. The van der Waals surface area contributed by atoms with Crippen molar-refractivity contribution in [3.63, 3.8) is 0 Å². The lowest BCUT2D eigenvalue weighted by Crippen LogP contribution is -2.39. The van der Waals surface area contributed by atoms with Gasteiger partial charge in [0, 0.05) is 18.7 Å². The van der Waals surface area contributed by atoms with Gasteiger partial charge in [0.25, 0.3) is 5.56 Å². The summed E-state index contributed by atoms with van der Waals surface area (Å²) in [7, 11) is -3.32. The van der Waals surface area contributed by atoms with Crippen LogP contribution < -0.4 is 10.3 Å². The number of aromatic amines is 1. The van der Waals surface area contributed by atoms with E-state index < -0.39 is 10.0 Å². The molecule has 8 nitrogen and oxygen atoms in total. The van der Waals surface area contributed by atoms with E-state index in [4.69, 9.17) is 9.72 Å². The molecule has 1 fully saturated rings. The van der Waals surface area contributed by atoms with Crippen LogP contribution in [0.4, 0.5) is 0 Å². The number of likely N-dealkylation sites (tertiary alicyclic amines) is 1. The molecule has 9 heteroatoms. The Morgan fingerprint density at radius 3 is 2.65 bits per heavy atom. The van der Waals surface area contributed by atoms with Crippen molar-refractivity contribution in [3.8, 4) is 5.75 Å². The molecule has 4 rings (SSSR count). The van der Waals surface area contributed by atoms with Gasteiger partial charge in [0.15, 0.2) is 0 Å². The molecule has 1 atom stereocenters. The summed E-state index contributed by atoms with van der Waals surface area (Å²) in [6.45, 7) is 6.17. The van der Waals surface area contributed by atoms with Crippen LogP contribution in [0.3, 0.4) is 0 Å². The summed E-state index contributed by atoms with van der Waals surface area (Å²) in [5, 5.41) is 0. The molecule has 0 unspecified atom stereocenters. The van der Waals surface area contributed by atoms with Crippen molar-refractivity contribution < 1.29 is 13.2 Å². The second-order valence-electron chi connectivity index (χ2n) is 8.66. The number of aromatic nitrogens is 2. The zero-order valence-electron chi connectivity index (χ0n) is 18.3. The van der Waals surface area contributed by atoms with E-state index in [0.29, 0.717) is 30.0 Å². The molecule has 2 aliphatic rings. The lowest BCUT2D eigenvalue weighted by atomic mass is 10.1. The summed E-state index contributed by atoms with van der Waals surface area (Å²) in [5.41, 5.74) is 2.22. The van der Waals surface area contributed by atoms with E-state index >= 15 is 0 Å². The molecule has 3 heterocycles. The molecule has 0 amide bonds. The maximum Gasteiger partial charge on any atom is 0.254 e. The zero-order valence-corrected chi connectivity index (χ0v) is 19.1. The highest BCUT2D eigenvalue weighted by Crippen LogP contribution is 2.32. The van der Waals surface area contributed by atoms with Gasteiger partial charge in [-0.25, -0.2) is 13.4 Å². The molecular formula is C22H30N4O4S. The van der Waals surface area contributed by atoms with E-state index in [-0.39, 0.29) is 24.2 Å². The number of hydrogen-bond donors (Lipinski definition) is 1. The van der Waals surface area contributed by atoms with Crippen molar-refractivity contribution in [2.45, 2.75) is 58.3 Å². The predicted molar refractivity (Wildman–Crippen MR) is 118 cm³/mol. The molecule has 2 aromatic rings. The topological polar surface area (TPSA) is 95.6 Å². The Kier molecular flexibility index (Phi) is 6.18. The standard InChI is InChI=1S/C22H30N4O4S/c1-15(2)30-17-8-6-16(7-9-17)13-25-11-4-5-20(25)21-23-19-14-26(31(3,28)29)12-10-18(19)22(27)24-21/h6-9,15,20H,4-5,10-14H2,1-3H3,(H,23,24,27)/t20-/m0/s1. The van der Waals surface area contributed by atoms with E-state index in [2.05, 4.69) is 22.0 Å². The van der Waals surface area contributed by atoms with Crippen LogP contribution >= 0.6 is 0 Å². The minimum atomic E-state index is -3.32. The van der Waals surface area contributed by atoms with E-state index in [1.54, 1.807) is 0 Å². The van der Waals surface area contributed by atoms with Crippen LogP contribution in [0, 0.1) is 0 Å². The SMILES string of the molecule is CC(C)Oc1ccc(CN2CCC[C@H]2c2nc3c(c(=O)[nH]2)CCN(S(C)(=O)=O)C3)cc1. The molecule has 31 heavy (non-hydrogen) atoms. The number of rotatable bonds is 6. The van der Waals surface area contributed by atoms with E-state index in [9.17, 15) is 13.2 Å². The van der Waals surface area contributed by atoms with Gasteiger partial charge in [-0.1, -0.05) is 12.1 Å². The first-order valence-electron chi connectivity index (χ1n) is 10.8. The van der Waals surface area contributed by atoms with Crippen molar-refractivity contribution >= 4 is 10.0 Å². The number of sulfonamides is 1. The normalized spacial score (nSPS) is 20.2. The summed E-state index contributed by atoms with van der Waals surface area (Å²) < 4.78 is 31.0. The van der Waals surface area contributed by atoms with Gasteiger partial charge in [-0.05, 0) is 57.4 Å². The molecule has 1 aromatic heterocycles. The molecule has 1 aromatic carbocycles. The second kappa shape index (κ2) is 8.72. The minimum absolute atomic E-state index is 0.0122. The summed E-state index contributed by atoms with van der Waals surface area (Å²) in [4.78, 5) is 22.7. The maximum atomic E-state index is 12.7. The molecule has 0 bridgehead atoms. The first kappa shape index (κ1) is 22.0. The van der Waals surface area contributed by atoms with Crippen molar-refractivity contribution in [3.05, 3.63) is 57.3 Å². The summed E-state index contributed by atoms with van der Waals surface area (Å²) in [6.07, 6.45) is 3.66. The van der Waals surface area contributed by atoms with Crippen LogP contribution in [0.5, 0.6) is 5.75 Å². The number of nitrogens with zero attached hydrogens (tertiary/aromatic N) is 3. The smallest absolute Gasteiger partial charge is 0.254 e. The highest BCUT2D eigenvalue weighted by atomic mass is 32.2. The average Bonchev–Trinajstić information content (AvgIpc) is 3.16. The van der Waals surface area contributed by atoms with Gasteiger partial charge in [0.1, 0.15) is 11.6 Å². The number of H-pyrrole nitrogens is 1. The van der Waals surface area contributed by atoms with Gasteiger partial charge < -0.3 is 9.72 Å². The van der Waals surface area contributed by atoms with Gasteiger partial charge in [0.05, 0.1) is 30.6 Å². The zero-order chi connectivity index (χ0) is 22.2. The van der Waals surface area contributed by atoms with Gasteiger partial charge in [-0.2, -0.15) is 4.31 Å². The number of fused-ring (bicyclic) bond motifs is 1. The molecule has 1 saturated heterocycles. The fourth-order valence-electron chi connectivity index (χ4n) is 4.38. The van der Waals surface area contributed by atoms with E-state index in [1.807, 2.05) is 26.0 Å². The number of ether oxygens (including phenoxy) is 1. The van der Waals surface area contributed by atoms with Crippen LogP contribution in [0.2, 0.25) is 0 Å². The van der Waals surface area contributed by atoms with E-state index in [1.165, 1.54) is 16.1 Å². The second-order valence-corrected chi connectivity index (χ2v) is 10.6. The fourth-order valence-corrected chi connectivity index (χ4v) is 5.16. The van der Waals surface area contributed by atoms with Crippen molar-refractivity contribution in [1.82, 2.24) is 19.2 Å². The Labute approximate surface area is 183 Å². The van der Waals surface area contributed by atoms with Crippen molar-refractivity contribution in [2.24, 2.45) is 0 Å². The summed E-state index contributed by atoms with van der Waals surface area (Å²) >= 11 is 0. The van der Waals surface area contributed by atoms with Crippen molar-refractivity contribution in [1.29, 1.82) is 0 Å². The van der Waals surface area contributed by atoms with Crippen LogP contribution in [0.1, 0.15) is 55.4 Å². The fraction of sp³-hybridized carbons (Fsp3) is 0.545. The predicted octanol–water partition coefficient (Wildman–Crippen LogP) is 2.21. The third-order valence-electron chi connectivity index (χ3n) is 5.89. The average molecular weight is 447 g/mol. The maximum absolute atomic E-state index is 12.7. The minimum Gasteiger partial charge on any atom is -0.491 e. The van der Waals surface area contributed by atoms with Gasteiger partial charge in [0.2, 0.25) is 10.0 Å². The molecule has 2 aliphatic heterocycles. The number of nitrogens with one attached hydrogen (secondary N) is 1. The van der Waals surface area contributed by atoms with Crippen LogP contribution in [0.15, 0.2) is 29.1 Å². The molecule has 1 N–H and O–H groups in total. The number of hydrogen-bond acceptors (Lipinski definition) is 6. The van der Waals surface area contributed by atoms with E-state index in [0.717, 1.165) is 31.7 Å². The monoisotopic (exact) mass is 446 g/mol.